The van der Waals surface area contributed by atoms with Crippen LogP contribution in [0.4, 0.5) is 0 Å². The molecule has 1 saturated heterocycles. The Morgan fingerprint density at radius 1 is 1.47 bits per heavy atom. The second-order valence-electron chi connectivity index (χ2n) is 5.18. The number of nitrogens with zero attached hydrogens (tertiary/aromatic N) is 1. The molecule has 1 aliphatic rings. The Kier molecular flexibility index (Phi) is 4.37. The molecule has 1 fully saturated rings. The molecule has 0 unspecified atom stereocenters. The zero-order valence-corrected chi connectivity index (χ0v) is 11.5. The minimum Gasteiger partial charge on any atom is -0.348 e. The van der Waals surface area contributed by atoms with E-state index in [0.717, 1.165) is 5.56 Å². The van der Waals surface area contributed by atoms with Gasteiger partial charge in [0.25, 0.3) is 0 Å². The molecule has 1 aromatic carbocycles. The largest absolute Gasteiger partial charge is 0.348 e. The van der Waals surface area contributed by atoms with Crippen molar-refractivity contribution >= 4 is 0 Å². The van der Waals surface area contributed by atoms with E-state index in [0.29, 0.717) is 13.2 Å². The normalized spacial score (nSPS) is 23.5. The minimum absolute atomic E-state index is 0.207. The Labute approximate surface area is 114 Å². The summed E-state index contributed by atoms with van der Waals surface area (Å²) in [5.41, 5.74) is 1.04. The summed E-state index contributed by atoms with van der Waals surface area (Å²) < 4.78 is 11.3. The van der Waals surface area contributed by atoms with Crippen molar-refractivity contribution < 1.29 is 14.7 Å². The maximum Gasteiger partial charge on any atom is 0.163 e. The molecule has 1 aromatic rings. The van der Waals surface area contributed by atoms with Crippen LogP contribution < -0.4 is 0 Å². The highest BCUT2D eigenvalue weighted by molar-refractivity contribution is 5.14. The molecule has 1 aliphatic heterocycles. The van der Waals surface area contributed by atoms with Crippen LogP contribution in [0.2, 0.25) is 0 Å². The van der Waals surface area contributed by atoms with Crippen molar-refractivity contribution in [2.45, 2.75) is 38.3 Å². The average molecular weight is 263 g/mol. The highest BCUT2D eigenvalue weighted by Gasteiger charge is 2.38. The topological polar surface area (TPSA) is 41.9 Å². The van der Waals surface area contributed by atoms with E-state index in [1.54, 1.807) is 6.08 Å². The Morgan fingerprint density at radius 2 is 2.16 bits per heavy atom. The lowest BCUT2D eigenvalue weighted by Crippen LogP contribution is -2.41. The molecule has 1 heterocycles. The van der Waals surface area contributed by atoms with Crippen LogP contribution in [-0.2, 0) is 16.0 Å². The number of hydrogen-bond acceptors (Lipinski definition) is 4. The molecular formula is C15H21NO3. The Bertz CT molecular complexity index is 419. The molecule has 0 spiro atoms. The molecule has 2 rings (SSSR count). The maximum absolute atomic E-state index is 10.2. The number of hydrogen-bond donors (Lipinski definition) is 1. The first-order chi connectivity index (χ1) is 9.02. The van der Waals surface area contributed by atoms with E-state index < -0.39 is 5.79 Å². The molecule has 0 bridgehead atoms. The summed E-state index contributed by atoms with van der Waals surface area (Å²) in [6, 6.07) is 9.50. The number of hydroxylamine groups is 2. The molecule has 4 nitrogen and oxygen atoms in total. The van der Waals surface area contributed by atoms with E-state index in [1.807, 2.05) is 44.2 Å². The molecule has 2 atom stereocenters. The summed E-state index contributed by atoms with van der Waals surface area (Å²) >= 11 is 0. The van der Waals surface area contributed by atoms with Crippen molar-refractivity contribution in [1.29, 1.82) is 0 Å². The van der Waals surface area contributed by atoms with Crippen LogP contribution in [-0.4, -0.2) is 34.8 Å². The van der Waals surface area contributed by atoms with E-state index in [-0.39, 0.29) is 12.1 Å². The molecule has 0 amide bonds. The quantitative estimate of drug-likeness (QED) is 0.655. The van der Waals surface area contributed by atoms with Gasteiger partial charge in [-0.15, -0.1) is 6.58 Å². The standard InChI is InChI=1S/C15H21NO3/c1-4-13(14-11-18-15(2,3)19-14)16(17)10-12-8-6-5-7-9-12/h4-9,13-14,17H,1,10-11H2,2-3H3/t13-,14+/m0/s1. The molecule has 0 radical (unpaired) electrons. The summed E-state index contributed by atoms with van der Waals surface area (Å²) in [7, 11) is 0. The van der Waals surface area contributed by atoms with Gasteiger partial charge in [0.2, 0.25) is 0 Å². The van der Waals surface area contributed by atoms with Crippen LogP contribution in [0.5, 0.6) is 0 Å². The predicted molar refractivity (Wildman–Crippen MR) is 72.7 cm³/mol. The third-order valence-electron chi connectivity index (χ3n) is 3.18. The van der Waals surface area contributed by atoms with Gasteiger partial charge in [-0.25, -0.2) is 0 Å². The summed E-state index contributed by atoms with van der Waals surface area (Å²) in [5.74, 6) is -0.598. The zero-order valence-electron chi connectivity index (χ0n) is 11.5. The van der Waals surface area contributed by atoms with Crippen LogP contribution in [0.1, 0.15) is 19.4 Å². The van der Waals surface area contributed by atoms with Gasteiger partial charge in [-0.2, -0.15) is 5.06 Å². The third-order valence-corrected chi connectivity index (χ3v) is 3.18. The van der Waals surface area contributed by atoms with Gasteiger partial charge < -0.3 is 14.7 Å². The first kappa shape index (κ1) is 14.2. The van der Waals surface area contributed by atoms with Crippen LogP contribution in [0.3, 0.4) is 0 Å². The van der Waals surface area contributed by atoms with Crippen LogP contribution in [0, 0.1) is 0 Å². The predicted octanol–water partition coefficient (Wildman–Crippen LogP) is 2.58. The molecular weight excluding hydrogens is 242 g/mol. The van der Waals surface area contributed by atoms with Crippen LogP contribution in [0.15, 0.2) is 43.0 Å². The van der Waals surface area contributed by atoms with Crippen molar-refractivity contribution in [2.75, 3.05) is 6.61 Å². The highest BCUT2D eigenvalue weighted by atomic mass is 16.7. The van der Waals surface area contributed by atoms with Gasteiger partial charge in [-0.1, -0.05) is 36.4 Å². The molecule has 0 aliphatic carbocycles. The molecule has 104 valence electrons. The summed E-state index contributed by atoms with van der Waals surface area (Å²) in [6.07, 6.45) is 1.49. The SMILES string of the molecule is C=C[C@@H]([C@H]1COC(C)(C)O1)N(O)Cc1ccccc1. The van der Waals surface area contributed by atoms with Crippen molar-refractivity contribution in [3.8, 4) is 0 Å². The number of rotatable bonds is 5. The molecule has 4 heteroatoms. The summed E-state index contributed by atoms with van der Waals surface area (Å²) in [6.45, 7) is 8.40. The maximum atomic E-state index is 10.2. The highest BCUT2D eigenvalue weighted by Crippen LogP contribution is 2.26. The number of benzene rings is 1. The van der Waals surface area contributed by atoms with Gasteiger partial charge >= 0.3 is 0 Å². The Morgan fingerprint density at radius 3 is 2.68 bits per heavy atom. The zero-order chi connectivity index (χ0) is 13.9. The third kappa shape index (κ3) is 3.64. The second-order valence-corrected chi connectivity index (χ2v) is 5.18. The van der Waals surface area contributed by atoms with Crippen molar-refractivity contribution in [1.82, 2.24) is 5.06 Å². The van der Waals surface area contributed by atoms with Crippen molar-refractivity contribution in [3.05, 3.63) is 48.6 Å². The fourth-order valence-electron chi connectivity index (χ4n) is 2.22. The summed E-state index contributed by atoms with van der Waals surface area (Å²) in [5, 5.41) is 11.5. The fourth-order valence-corrected chi connectivity index (χ4v) is 2.22. The van der Waals surface area contributed by atoms with Gasteiger partial charge in [-0.3, -0.25) is 0 Å². The summed E-state index contributed by atoms with van der Waals surface area (Å²) in [4.78, 5) is 0. The van der Waals surface area contributed by atoms with Crippen molar-refractivity contribution in [2.24, 2.45) is 0 Å². The van der Waals surface area contributed by atoms with Gasteiger partial charge in [0.05, 0.1) is 12.6 Å². The average Bonchev–Trinajstić information content (AvgIpc) is 2.72. The van der Waals surface area contributed by atoms with E-state index >= 15 is 0 Å². The lowest BCUT2D eigenvalue weighted by molar-refractivity contribution is -0.178. The lowest BCUT2D eigenvalue weighted by atomic mass is 10.1. The molecule has 0 aromatic heterocycles. The molecule has 19 heavy (non-hydrogen) atoms. The van der Waals surface area contributed by atoms with Gasteiger partial charge in [0.1, 0.15) is 6.10 Å². The second kappa shape index (κ2) is 5.84. The Balaban J connectivity index is 2.00. The van der Waals surface area contributed by atoms with Crippen LogP contribution >= 0.6 is 0 Å². The molecule has 0 saturated carbocycles. The van der Waals surface area contributed by atoms with Gasteiger partial charge in [-0.05, 0) is 19.4 Å². The molecule has 1 N–H and O–H groups in total. The van der Waals surface area contributed by atoms with Crippen LogP contribution in [0.25, 0.3) is 0 Å². The van der Waals surface area contributed by atoms with E-state index in [1.165, 1.54) is 5.06 Å². The van der Waals surface area contributed by atoms with E-state index in [4.69, 9.17) is 9.47 Å². The van der Waals surface area contributed by atoms with Gasteiger partial charge in [0.15, 0.2) is 5.79 Å². The fraction of sp³-hybridized carbons (Fsp3) is 0.467. The number of ether oxygens (including phenoxy) is 2. The lowest BCUT2D eigenvalue weighted by Gasteiger charge is -2.28. The van der Waals surface area contributed by atoms with E-state index in [9.17, 15) is 5.21 Å². The Hall–Kier alpha value is -1.20. The van der Waals surface area contributed by atoms with Gasteiger partial charge in [0, 0.05) is 6.54 Å². The van der Waals surface area contributed by atoms with Crippen molar-refractivity contribution in [3.63, 3.8) is 0 Å². The monoisotopic (exact) mass is 263 g/mol. The smallest absolute Gasteiger partial charge is 0.163 e. The first-order valence-corrected chi connectivity index (χ1v) is 6.45. The van der Waals surface area contributed by atoms with E-state index in [2.05, 4.69) is 6.58 Å². The minimum atomic E-state index is -0.598. The first-order valence-electron chi connectivity index (χ1n) is 6.45.